The van der Waals surface area contributed by atoms with Crippen LogP contribution < -0.4 is 4.52 Å². The fourth-order valence-electron chi connectivity index (χ4n) is 2.65. The molecule has 1 unspecified atom stereocenters. The molecule has 3 nitrogen and oxygen atoms in total. The highest BCUT2D eigenvalue weighted by atomic mass is 31.2. The largest absolute Gasteiger partial charge is 0.424 e. The minimum absolute atomic E-state index is 0.477. The topological polar surface area (TPSA) is 35.5 Å². The van der Waals surface area contributed by atoms with E-state index in [1.165, 1.54) is 31.2 Å². The van der Waals surface area contributed by atoms with Crippen LogP contribution in [0.15, 0.2) is 24.3 Å². The first-order valence-electron chi connectivity index (χ1n) is 10.0. The van der Waals surface area contributed by atoms with Gasteiger partial charge in [-0.05, 0) is 36.5 Å². The van der Waals surface area contributed by atoms with Crippen molar-refractivity contribution in [3.63, 3.8) is 0 Å². The lowest BCUT2D eigenvalue weighted by molar-refractivity contribution is 0.257. The first-order chi connectivity index (χ1) is 12.0. The molecule has 1 aromatic rings. The molecule has 1 atom stereocenters. The molecule has 0 heterocycles. The maximum absolute atomic E-state index is 13.1. The van der Waals surface area contributed by atoms with Crippen LogP contribution in [-0.4, -0.2) is 12.8 Å². The third-order valence-electron chi connectivity index (χ3n) is 4.36. The molecular weight excluding hydrogens is 331 g/mol. The van der Waals surface area contributed by atoms with E-state index in [1.54, 1.807) is 0 Å². The Morgan fingerprint density at radius 1 is 0.880 bits per heavy atom. The standard InChI is InChI=1S/C21H37O3P/c1-5-7-9-10-11-12-17-23-25(22,18-8-6-2)24-21-15-13-20(14-16-21)19(3)4/h13-16,19H,5-12,17-18H2,1-4H3. The third kappa shape index (κ3) is 9.47. The maximum atomic E-state index is 13.1. The summed E-state index contributed by atoms with van der Waals surface area (Å²) in [4.78, 5) is 0. The molecule has 1 aromatic carbocycles. The van der Waals surface area contributed by atoms with E-state index < -0.39 is 7.60 Å². The van der Waals surface area contributed by atoms with E-state index in [1.807, 2.05) is 24.3 Å². The summed E-state index contributed by atoms with van der Waals surface area (Å²) in [5.74, 6) is 1.12. The van der Waals surface area contributed by atoms with Crippen LogP contribution in [-0.2, 0) is 9.09 Å². The van der Waals surface area contributed by atoms with Crippen LogP contribution in [0.2, 0.25) is 0 Å². The molecule has 1 rings (SSSR count). The molecule has 0 spiro atoms. The summed E-state index contributed by atoms with van der Waals surface area (Å²) in [7, 11) is -3.06. The smallest absolute Gasteiger partial charge is 0.379 e. The summed E-state index contributed by atoms with van der Waals surface area (Å²) < 4.78 is 24.6. The van der Waals surface area contributed by atoms with Gasteiger partial charge in [-0.1, -0.05) is 78.4 Å². The lowest BCUT2D eigenvalue weighted by atomic mass is 10.0. The highest BCUT2D eigenvalue weighted by molar-refractivity contribution is 7.54. The first-order valence-corrected chi connectivity index (χ1v) is 11.8. The minimum Gasteiger partial charge on any atom is -0.424 e. The predicted octanol–water partition coefficient (Wildman–Crippen LogP) is 7.56. The molecule has 0 aromatic heterocycles. The van der Waals surface area contributed by atoms with E-state index in [0.717, 1.165) is 25.7 Å². The number of hydrogen-bond acceptors (Lipinski definition) is 3. The second-order valence-corrected chi connectivity index (χ2v) is 9.21. The first kappa shape index (κ1) is 22.3. The average Bonchev–Trinajstić information content (AvgIpc) is 2.60. The van der Waals surface area contributed by atoms with E-state index in [2.05, 4.69) is 27.7 Å². The average molecular weight is 368 g/mol. The van der Waals surface area contributed by atoms with Gasteiger partial charge in [0.25, 0.3) is 0 Å². The molecule has 0 radical (unpaired) electrons. The fourth-order valence-corrected chi connectivity index (χ4v) is 4.48. The molecule has 0 aliphatic carbocycles. The zero-order valence-corrected chi connectivity index (χ0v) is 17.5. The van der Waals surface area contributed by atoms with Crippen molar-refractivity contribution in [1.82, 2.24) is 0 Å². The predicted molar refractivity (Wildman–Crippen MR) is 108 cm³/mol. The molecule has 0 N–H and O–H groups in total. The van der Waals surface area contributed by atoms with Crippen molar-refractivity contribution in [1.29, 1.82) is 0 Å². The van der Waals surface area contributed by atoms with Crippen LogP contribution in [0.25, 0.3) is 0 Å². The van der Waals surface area contributed by atoms with Gasteiger partial charge in [-0.15, -0.1) is 0 Å². The second kappa shape index (κ2) is 12.5. The SMILES string of the molecule is CCCCCCCCOP(=O)(CCCC)Oc1ccc(C(C)C)cc1. The molecule has 144 valence electrons. The molecule has 0 bridgehead atoms. The molecule has 0 aliphatic heterocycles. The summed E-state index contributed by atoms with van der Waals surface area (Å²) in [6, 6.07) is 7.89. The molecule has 0 saturated carbocycles. The maximum Gasteiger partial charge on any atom is 0.379 e. The number of hydrogen-bond donors (Lipinski definition) is 0. The van der Waals surface area contributed by atoms with E-state index in [0.29, 0.717) is 24.4 Å². The van der Waals surface area contributed by atoms with Crippen molar-refractivity contribution in [3.05, 3.63) is 29.8 Å². The van der Waals surface area contributed by atoms with Crippen molar-refractivity contribution in [2.75, 3.05) is 12.8 Å². The molecule has 4 heteroatoms. The lowest BCUT2D eigenvalue weighted by Crippen LogP contribution is -2.04. The van der Waals surface area contributed by atoms with Gasteiger partial charge in [0.2, 0.25) is 0 Å². The van der Waals surface area contributed by atoms with Gasteiger partial charge in [0.1, 0.15) is 5.75 Å². The summed E-state index contributed by atoms with van der Waals surface area (Å²) in [5.41, 5.74) is 1.25. The number of unbranched alkanes of at least 4 members (excludes halogenated alkanes) is 6. The Kier molecular flexibility index (Phi) is 11.2. The van der Waals surface area contributed by atoms with Crippen molar-refractivity contribution < 1.29 is 13.6 Å². The molecule has 0 saturated heterocycles. The van der Waals surface area contributed by atoms with Crippen molar-refractivity contribution >= 4 is 7.60 Å². The second-order valence-electron chi connectivity index (χ2n) is 7.10. The van der Waals surface area contributed by atoms with Gasteiger partial charge in [0, 0.05) is 0 Å². The van der Waals surface area contributed by atoms with Crippen molar-refractivity contribution in [3.8, 4) is 5.75 Å². The van der Waals surface area contributed by atoms with Crippen LogP contribution >= 0.6 is 7.60 Å². The van der Waals surface area contributed by atoms with Gasteiger partial charge in [0.05, 0.1) is 12.8 Å². The molecular formula is C21H37O3P. The van der Waals surface area contributed by atoms with Gasteiger partial charge < -0.3 is 4.52 Å². The zero-order valence-electron chi connectivity index (χ0n) is 16.6. The van der Waals surface area contributed by atoms with E-state index in [9.17, 15) is 4.57 Å². The van der Waals surface area contributed by atoms with Gasteiger partial charge in [-0.3, -0.25) is 4.52 Å². The van der Waals surface area contributed by atoms with Gasteiger partial charge >= 0.3 is 7.60 Å². The highest BCUT2D eigenvalue weighted by Crippen LogP contribution is 2.49. The molecule has 0 amide bonds. The quantitative estimate of drug-likeness (QED) is 0.251. The van der Waals surface area contributed by atoms with Crippen molar-refractivity contribution in [2.24, 2.45) is 0 Å². The Balaban J connectivity index is 2.51. The summed E-state index contributed by atoms with van der Waals surface area (Å²) in [6.45, 7) is 9.15. The van der Waals surface area contributed by atoms with Crippen LogP contribution in [0, 0.1) is 0 Å². The lowest BCUT2D eigenvalue weighted by Gasteiger charge is -2.19. The Labute approximate surface area is 155 Å². The summed E-state index contributed by atoms with van der Waals surface area (Å²) in [6.07, 6.45) is 9.49. The van der Waals surface area contributed by atoms with Gasteiger partial charge in [-0.25, -0.2) is 4.57 Å². The van der Waals surface area contributed by atoms with E-state index in [-0.39, 0.29) is 0 Å². The normalized spacial score (nSPS) is 13.8. The van der Waals surface area contributed by atoms with E-state index in [4.69, 9.17) is 9.05 Å². The molecule has 0 aliphatic rings. The fraction of sp³-hybridized carbons (Fsp3) is 0.714. The molecule has 25 heavy (non-hydrogen) atoms. The van der Waals surface area contributed by atoms with Crippen LogP contribution in [0.4, 0.5) is 0 Å². The van der Waals surface area contributed by atoms with Crippen LogP contribution in [0.3, 0.4) is 0 Å². The van der Waals surface area contributed by atoms with Crippen molar-refractivity contribution in [2.45, 2.75) is 85.0 Å². The van der Waals surface area contributed by atoms with Gasteiger partial charge in [0.15, 0.2) is 0 Å². The third-order valence-corrected chi connectivity index (χ3v) is 6.29. The Bertz CT molecular complexity index is 496. The van der Waals surface area contributed by atoms with Gasteiger partial charge in [-0.2, -0.15) is 0 Å². The number of rotatable bonds is 14. The molecule has 0 fully saturated rings. The monoisotopic (exact) mass is 368 g/mol. The summed E-state index contributed by atoms with van der Waals surface area (Å²) in [5, 5.41) is 0. The minimum atomic E-state index is -3.06. The zero-order chi connectivity index (χ0) is 18.5. The van der Waals surface area contributed by atoms with Crippen LogP contribution in [0.5, 0.6) is 5.75 Å². The Morgan fingerprint density at radius 2 is 1.48 bits per heavy atom. The Morgan fingerprint density at radius 3 is 2.08 bits per heavy atom. The van der Waals surface area contributed by atoms with Crippen LogP contribution in [0.1, 0.15) is 90.5 Å². The summed E-state index contributed by atoms with van der Waals surface area (Å²) >= 11 is 0. The highest BCUT2D eigenvalue weighted by Gasteiger charge is 2.25. The van der Waals surface area contributed by atoms with E-state index >= 15 is 0 Å². The number of benzene rings is 1. The Hall–Kier alpha value is -0.790.